The van der Waals surface area contributed by atoms with E-state index in [-0.39, 0.29) is 18.0 Å². The summed E-state index contributed by atoms with van der Waals surface area (Å²) in [6.45, 7) is 0. The van der Waals surface area contributed by atoms with Crippen LogP contribution in [0.2, 0.25) is 5.02 Å². The monoisotopic (exact) mass is 460 g/mol. The molecule has 1 aliphatic carbocycles. The molecular weight excluding hydrogens is 436 g/mol. The number of nitrogens with zero attached hydrogens (tertiary/aromatic N) is 2. The van der Waals surface area contributed by atoms with Crippen molar-refractivity contribution in [2.24, 2.45) is 0 Å². The van der Waals surface area contributed by atoms with Crippen molar-refractivity contribution in [3.63, 3.8) is 0 Å². The highest BCUT2D eigenvalue weighted by Gasteiger charge is 2.24. The maximum Gasteiger partial charge on any atom is 0.251 e. The molecule has 5 rings (SSSR count). The molecule has 0 bridgehead atoms. The van der Waals surface area contributed by atoms with Crippen LogP contribution in [0.1, 0.15) is 36.0 Å². The molecule has 8 heteroatoms. The number of carbonyl (C=O) groups excluding carboxylic acids is 1. The third kappa shape index (κ3) is 4.64. The Labute approximate surface area is 196 Å². The maximum atomic E-state index is 12.5. The molecule has 0 spiro atoms. The topological polar surface area (TPSA) is 109 Å². The van der Waals surface area contributed by atoms with Crippen molar-refractivity contribution in [3.05, 3.63) is 71.5 Å². The van der Waals surface area contributed by atoms with E-state index in [1.165, 1.54) is 0 Å². The van der Waals surface area contributed by atoms with Crippen LogP contribution in [0.25, 0.3) is 22.2 Å². The van der Waals surface area contributed by atoms with Crippen molar-refractivity contribution in [3.8, 4) is 11.3 Å². The Morgan fingerprint density at radius 1 is 1.06 bits per heavy atom. The molecule has 1 amide bonds. The van der Waals surface area contributed by atoms with Gasteiger partial charge in [-0.2, -0.15) is 0 Å². The van der Waals surface area contributed by atoms with Gasteiger partial charge in [-0.3, -0.25) is 4.79 Å². The summed E-state index contributed by atoms with van der Waals surface area (Å²) in [6, 6.07) is 15.5. The quantitative estimate of drug-likeness (QED) is 0.313. The zero-order valence-electron chi connectivity index (χ0n) is 18.0. The molecule has 5 N–H and O–H groups in total. The number of hydrogen-bond donors (Lipinski definition) is 4. The van der Waals surface area contributed by atoms with Gasteiger partial charge in [-0.25, -0.2) is 9.97 Å². The molecule has 7 nitrogen and oxygen atoms in total. The smallest absolute Gasteiger partial charge is 0.251 e. The van der Waals surface area contributed by atoms with Gasteiger partial charge >= 0.3 is 0 Å². The van der Waals surface area contributed by atoms with Crippen molar-refractivity contribution in [2.45, 2.75) is 37.8 Å². The second kappa shape index (κ2) is 9.11. The van der Waals surface area contributed by atoms with Crippen LogP contribution in [0, 0.1) is 0 Å². The number of para-hydroxylation sites is 1. The molecule has 2 heterocycles. The molecule has 2 aromatic carbocycles. The number of nitrogens with one attached hydrogen (secondary N) is 3. The van der Waals surface area contributed by atoms with E-state index in [0.29, 0.717) is 27.9 Å². The first-order valence-electron chi connectivity index (χ1n) is 11.1. The first-order valence-corrected chi connectivity index (χ1v) is 11.5. The molecule has 0 saturated heterocycles. The fourth-order valence-electron chi connectivity index (χ4n) is 4.41. The standard InChI is InChI=1S/C25H25ClN6O/c26-21-14-29-25(32-23(21)20-13-28-22-7-2-1-6-19(20)22)31-18-10-8-17(9-11-18)30-24(33)15-4-3-5-16(27)12-15/h1-7,12-14,17-18,28H,8-11,27H2,(H,30,33)(H,29,31,32)/t17-,18-. The highest BCUT2D eigenvalue weighted by atomic mass is 35.5. The molecule has 4 aromatic rings. The van der Waals surface area contributed by atoms with Gasteiger partial charge in [0, 0.05) is 46.0 Å². The molecule has 1 aliphatic rings. The van der Waals surface area contributed by atoms with Crippen molar-refractivity contribution < 1.29 is 4.79 Å². The van der Waals surface area contributed by atoms with Crippen molar-refractivity contribution in [1.29, 1.82) is 0 Å². The van der Waals surface area contributed by atoms with Crippen molar-refractivity contribution in [1.82, 2.24) is 20.3 Å². The zero-order valence-corrected chi connectivity index (χ0v) is 18.8. The van der Waals surface area contributed by atoms with Gasteiger partial charge in [0.15, 0.2) is 0 Å². The van der Waals surface area contributed by atoms with Crippen molar-refractivity contribution in [2.75, 3.05) is 11.1 Å². The summed E-state index contributed by atoms with van der Waals surface area (Å²) in [4.78, 5) is 24.9. The van der Waals surface area contributed by atoms with Gasteiger partial charge in [-0.05, 0) is 49.9 Å². The second-order valence-corrected chi connectivity index (χ2v) is 8.84. The molecule has 0 aliphatic heterocycles. The molecule has 33 heavy (non-hydrogen) atoms. The maximum absolute atomic E-state index is 12.5. The number of anilines is 2. The third-order valence-corrected chi connectivity index (χ3v) is 6.41. The molecule has 168 valence electrons. The van der Waals surface area contributed by atoms with E-state index in [2.05, 4.69) is 20.6 Å². The van der Waals surface area contributed by atoms with E-state index in [0.717, 1.165) is 42.1 Å². The molecule has 2 aromatic heterocycles. The number of hydrogen-bond acceptors (Lipinski definition) is 5. The first kappa shape index (κ1) is 21.3. The zero-order chi connectivity index (χ0) is 22.8. The first-order chi connectivity index (χ1) is 16.1. The number of fused-ring (bicyclic) bond motifs is 1. The Balaban J connectivity index is 1.22. The lowest BCUT2D eigenvalue weighted by atomic mass is 9.91. The average molecular weight is 461 g/mol. The van der Waals surface area contributed by atoms with Gasteiger partial charge in [0.25, 0.3) is 5.91 Å². The number of nitrogen functional groups attached to an aromatic ring is 1. The van der Waals surface area contributed by atoms with Gasteiger partial charge in [0.1, 0.15) is 0 Å². The minimum Gasteiger partial charge on any atom is -0.399 e. The summed E-state index contributed by atoms with van der Waals surface area (Å²) >= 11 is 6.44. The average Bonchev–Trinajstić information content (AvgIpc) is 3.25. The van der Waals surface area contributed by atoms with Crippen LogP contribution in [0.3, 0.4) is 0 Å². The second-order valence-electron chi connectivity index (χ2n) is 8.43. The number of amides is 1. The van der Waals surface area contributed by atoms with E-state index >= 15 is 0 Å². The predicted octanol–water partition coefficient (Wildman–Crippen LogP) is 5.01. The fourth-order valence-corrected chi connectivity index (χ4v) is 4.60. The highest BCUT2D eigenvalue weighted by Crippen LogP contribution is 2.32. The van der Waals surface area contributed by atoms with Crippen molar-refractivity contribution >= 4 is 40.0 Å². The third-order valence-electron chi connectivity index (χ3n) is 6.13. The van der Waals surface area contributed by atoms with Gasteiger partial charge in [-0.1, -0.05) is 35.9 Å². The number of aromatic amines is 1. The minimum atomic E-state index is -0.0804. The summed E-state index contributed by atoms with van der Waals surface area (Å²) < 4.78 is 0. The number of rotatable bonds is 5. The number of aromatic nitrogens is 3. The number of H-pyrrole nitrogens is 1. The summed E-state index contributed by atoms with van der Waals surface area (Å²) in [7, 11) is 0. The van der Waals surface area contributed by atoms with E-state index in [4.69, 9.17) is 22.3 Å². The summed E-state index contributed by atoms with van der Waals surface area (Å²) in [5.74, 6) is 0.482. The number of carbonyl (C=O) groups is 1. The molecule has 0 radical (unpaired) electrons. The van der Waals surface area contributed by atoms with Crippen LogP contribution in [0.4, 0.5) is 11.6 Å². The lowest BCUT2D eigenvalue weighted by molar-refractivity contribution is 0.0926. The van der Waals surface area contributed by atoms with Crippen LogP contribution in [0.5, 0.6) is 0 Å². The summed E-state index contributed by atoms with van der Waals surface area (Å²) in [5, 5.41) is 8.16. The molecule has 1 fully saturated rings. The number of benzene rings is 2. The lowest BCUT2D eigenvalue weighted by Crippen LogP contribution is -2.40. The van der Waals surface area contributed by atoms with Gasteiger partial charge < -0.3 is 21.4 Å². The van der Waals surface area contributed by atoms with Crippen LogP contribution >= 0.6 is 11.6 Å². The molecule has 1 saturated carbocycles. The predicted molar refractivity (Wildman–Crippen MR) is 132 cm³/mol. The van der Waals surface area contributed by atoms with Crippen LogP contribution < -0.4 is 16.4 Å². The Morgan fingerprint density at radius 3 is 2.67 bits per heavy atom. The Morgan fingerprint density at radius 2 is 1.85 bits per heavy atom. The summed E-state index contributed by atoms with van der Waals surface area (Å²) in [5.41, 5.74) is 9.66. The normalized spacial score (nSPS) is 18.2. The van der Waals surface area contributed by atoms with Gasteiger partial charge in [-0.15, -0.1) is 0 Å². The van der Waals surface area contributed by atoms with E-state index < -0.39 is 0 Å². The van der Waals surface area contributed by atoms with E-state index in [9.17, 15) is 4.79 Å². The van der Waals surface area contributed by atoms with E-state index in [1.54, 1.807) is 30.5 Å². The largest absolute Gasteiger partial charge is 0.399 e. The summed E-state index contributed by atoms with van der Waals surface area (Å²) in [6.07, 6.45) is 7.16. The Kier molecular flexibility index (Phi) is 5.88. The molecule has 0 unspecified atom stereocenters. The minimum absolute atomic E-state index is 0.0804. The lowest BCUT2D eigenvalue weighted by Gasteiger charge is -2.29. The number of nitrogens with two attached hydrogens (primary N) is 1. The van der Waals surface area contributed by atoms with Gasteiger partial charge in [0.2, 0.25) is 5.95 Å². The van der Waals surface area contributed by atoms with Gasteiger partial charge in [0.05, 0.1) is 16.9 Å². The molecular formula is C25H25ClN6O. The van der Waals surface area contributed by atoms with Crippen LogP contribution in [-0.2, 0) is 0 Å². The van der Waals surface area contributed by atoms with Crippen LogP contribution in [-0.4, -0.2) is 32.9 Å². The Bertz CT molecular complexity index is 1300. The van der Waals surface area contributed by atoms with Crippen LogP contribution in [0.15, 0.2) is 60.9 Å². The van der Waals surface area contributed by atoms with E-state index in [1.807, 2.05) is 30.5 Å². The highest BCUT2D eigenvalue weighted by molar-refractivity contribution is 6.33. The fraction of sp³-hybridized carbons (Fsp3) is 0.240. The Hall–Kier alpha value is -3.58. The SMILES string of the molecule is Nc1cccc(C(=O)N[C@H]2CC[C@H](Nc3ncc(Cl)c(-c4c[nH]c5ccccc45)n3)CC2)c1. The molecule has 0 atom stereocenters. The number of halogens is 1.